The Bertz CT molecular complexity index is 317. The second-order valence-corrected chi connectivity index (χ2v) is 4.36. The summed E-state index contributed by atoms with van der Waals surface area (Å²) in [6, 6.07) is 1.72. The second-order valence-electron chi connectivity index (χ2n) is 3.12. The van der Waals surface area contributed by atoms with Gasteiger partial charge in [0.25, 0.3) is 0 Å². The summed E-state index contributed by atoms with van der Waals surface area (Å²) in [5.74, 6) is 5.17. The van der Waals surface area contributed by atoms with Gasteiger partial charge in [-0.3, -0.25) is 4.84 Å². The Hall–Kier alpha value is -0.160. The molecule has 72 valence electrons. The molecule has 1 rings (SSSR count). The highest BCUT2D eigenvalue weighted by molar-refractivity contribution is 9.10. The first-order valence-corrected chi connectivity index (χ1v) is 4.84. The molecule has 0 amide bonds. The summed E-state index contributed by atoms with van der Waals surface area (Å²) in [7, 11) is 0. The first kappa shape index (κ1) is 10.9. The fraction of sp³-hybridized carbons (Fsp3) is 0.375. The van der Waals surface area contributed by atoms with Gasteiger partial charge in [0.2, 0.25) is 0 Å². The van der Waals surface area contributed by atoms with E-state index in [1.807, 2.05) is 13.8 Å². The Morgan fingerprint density at radius 3 is 2.77 bits per heavy atom. The molecule has 2 N–H and O–H groups in total. The van der Waals surface area contributed by atoms with Gasteiger partial charge in [0.15, 0.2) is 0 Å². The lowest BCUT2D eigenvalue weighted by atomic mass is 10.00. The first-order chi connectivity index (χ1) is 5.97. The third-order valence-corrected chi connectivity index (χ3v) is 2.60. The highest BCUT2D eigenvalue weighted by atomic mass is 79.9. The third kappa shape index (κ3) is 2.40. The molecule has 0 saturated carbocycles. The smallest absolute Gasteiger partial charge is 0.129 e. The quantitative estimate of drug-likeness (QED) is 0.660. The summed E-state index contributed by atoms with van der Waals surface area (Å²) in [5, 5.41) is 0.420. The van der Waals surface area contributed by atoms with Crippen molar-refractivity contribution >= 4 is 27.5 Å². The zero-order chi connectivity index (χ0) is 10.1. The van der Waals surface area contributed by atoms with Crippen molar-refractivity contribution in [2.24, 2.45) is 5.90 Å². The van der Waals surface area contributed by atoms with Crippen molar-refractivity contribution in [1.29, 1.82) is 0 Å². The summed E-state index contributed by atoms with van der Waals surface area (Å²) >= 11 is 9.10. The van der Waals surface area contributed by atoms with E-state index in [1.54, 1.807) is 12.3 Å². The fourth-order valence-corrected chi connectivity index (χ4v) is 1.79. The van der Waals surface area contributed by atoms with Crippen molar-refractivity contribution in [2.45, 2.75) is 19.4 Å². The van der Waals surface area contributed by atoms with Crippen molar-refractivity contribution < 1.29 is 4.84 Å². The summed E-state index contributed by atoms with van der Waals surface area (Å²) in [5.41, 5.74) is 0.292. The van der Waals surface area contributed by atoms with Crippen molar-refractivity contribution in [1.82, 2.24) is 4.98 Å². The van der Waals surface area contributed by atoms with Gasteiger partial charge in [-0.2, -0.15) is 0 Å². The molecule has 3 nitrogen and oxygen atoms in total. The Labute approximate surface area is 90.3 Å². The molecule has 0 aliphatic carbocycles. The molecule has 0 bridgehead atoms. The van der Waals surface area contributed by atoms with Crippen LogP contribution in [0.2, 0.25) is 5.15 Å². The predicted molar refractivity (Wildman–Crippen MR) is 55.2 cm³/mol. The SMILES string of the molecule is CC(C)(ON)c1cc(Cl)ncc1Br. The van der Waals surface area contributed by atoms with Crippen molar-refractivity contribution in [3.63, 3.8) is 0 Å². The van der Waals surface area contributed by atoms with E-state index in [4.69, 9.17) is 22.3 Å². The van der Waals surface area contributed by atoms with Crippen molar-refractivity contribution in [2.75, 3.05) is 0 Å². The molecule has 0 aromatic carbocycles. The molecule has 0 atom stereocenters. The van der Waals surface area contributed by atoms with Crippen LogP contribution in [0.25, 0.3) is 0 Å². The first-order valence-electron chi connectivity index (χ1n) is 3.67. The highest BCUT2D eigenvalue weighted by Crippen LogP contribution is 2.30. The Kier molecular flexibility index (Phi) is 3.29. The number of aromatic nitrogens is 1. The maximum atomic E-state index is 5.75. The van der Waals surface area contributed by atoms with Gasteiger partial charge in [-0.1, -0.05) is 11.6 Å². The number of nitrogens with zero attached hydrogens (tertiary/aromatic N) is 1. The van der Waals surface area contributed by atoms with Crippen LogP contribution in [0.3, 0.4) is 0 Å². The molecular formula is C8H10BrClN2O. The molecule has 0 fully saturated rings. The average Bonchev–Trinajstić information content (AvgIpc) is 2.09. The molecule has 1 aromatic heterocycles. The van der Waals surface area contributed by atoms with Crippen LogP contribution in [0.15, 0.2) is 16.7 Å². The second kappa shape index (κ2) is 3.92. The summed E-state index contributed by atoms with van der Waals surface area (Å²) in [6.07, 6.45) is 1.62. The molecule has 1 aromatic rings. The van der Waals surface area contributed by atoms with Crippen LogP contribution < -0.4 is 5.90 Å². The number of nitrogens with two attached hydrogens (primary N) is 1. The minimum absolute atomic E-state index is 0.420. The number of halogens is 2. The van der Waals surface area contributed by atoms with Gasteiger partial charge in [0, 0.05) is 16.2 Å². The van der Waals surface area contributed by atoms with E-state index in [9.17, 15) is 0 Å². The van der Waals surface area contributed by atoms with Gasteiger partial charge in [0.05, 0.1) is 0 Å². The van der Waals surface area contributed by atoms with Crippen LogP contribution in [-0.2, 0) is 10.4 Å². The summed E-state index contributed by atoms with van der Waals surface area (Å²) in [4.78, 5) is 8.75. The molecule has 5 heteroatoms. The molecule has 0 aliphatic rings. The maximum absolute atomic E-state index is 5.75. The minimum atomic E-state index is -0.578. The van der Waals surface area contributed by atoms with Crippen LogP contribution in [-0.4, -0.2) is 4.98 Å². The van der Waals surface area contributed by atoms with Crippen LogP contribution in [0.4, 0.5) is 0 Å². The molecule has 0 radical (unpaired) electrons. The van der Waals surface area contributed by atoms with Crippen LogP contribution in [0.1, 0.15) is 19.4 Å². The summed E-state index contributed by atoms with van der Waals surface area (Å²) in [6.45, 7) is 3.70. The predicted octanol–water partition coefficient (Wildman–Crippen LogP) is 2.62. The van der Waals surface area contributed by atoms with E-state index < -0.39 is 5.60 Å². The van der Waals surface area contributed by atoms with Gasteiger partial charge >= 0.3 is 0 Å². The zero-order valence-electron chi connectivity index (χ0n) is 7.34. The van der Waals surface area contributed by atoms with E-state index in [1.165, 1.54) is 0 Å². The minimum Gasteiger partial charge on any atom is -0.294 e. The lowest BCUT2D eigenvalue weighted by Gasteiger charge is -2.23. The topological polar surface area (TPSA) is 48.1 Å². The third-order valence-electron chi connectivity index (χ3n) is 1.77. The largest absolute Gasteiger partial charge is 0.294 e. The molecule has 1 heterocycles. The van der Waals surface area contributed by atoms with E-state index in [2.05, 4.69) is 20.9 Å². The zero-order valence-corrected chi connectivity index (χ0v) is 9.69. The van der Waals surface area contributed by atoms with E-state index in [-0.39, 0.29) is 0 Å². The van der Waals surface area contributed by atoms with Gasteiger partial charge in [-0.15, -0.1) is 0 Å². The monoisotopic (exact) mass is 264 g/mol. The van der Waals surface area contributed by atoms with Crippen molar-refractivity contribution in [3.8, 4) is 0 Å². The number of hydrogen-bond donors (Lipinski definition) is 1. The molecule has 0 aliphatic heterocycles. The van der Waals surface area contributed by atoms with Crippen LogP contribution in [0.5, 0.6) is 0 Å². The van der Waals surface area contributed by atoms with E-state index in [0.29, 0.717) is 5.15 Å². The van der Waals surface area contributed by atoms with Gasteiger partial charge < -0.3 is 0 Å². The Morgan fingerprint density at radius 1 is 1.62 bits per heavy atom. The lowest BCUT2D eigenvalue weighted by Crippen LogP contribution is -2.25. The molecular weight excluding hydrogens is 255 g/mol. The highest BCUT2D eigenvalue weighted by Gasteiger charge is 2.23. The molecule has 0 unspecified atom stereocenters. The Balaban J connectivity index is 3.20. The average molecular weight is 266 g/mol. The molecule has 0 spiro atoms. The van der Waals surface area contributed by atoms with Gasteiger partial charge in [0.1, 0.15) is 10.8 Å². The number of pyridine rings is 1. The fourth-order valence-electron chi connectivity index (χ4n) is 0.938. The van der Waals surface area contributed by atoms with Gasteiger partial charge in [-0.25, -0.2) is 10.9 Å². The van der Waals surface area contributed by atoms with Crippen LogP contribution >= 0.6 is 27.5 Å². The number of rotatable bonds is 2. The standard InChI is InChI=1S/C8H10BrClN2O/c1-8(2,13-11)5-3-7(10)12-4-6(5)9/h3-4H,11H2,1-2H3. The Morgan fingerprint density at radius 2 is 2.23 bits per heavy atom. The molecule has 13 heavy (non-hydrogen) atoms. The maximum Gasteiger partial charge on any atom is 0.129 e. The molecule has 0 saturated heterocycles. The van der Waals surface area contributed by atoms with Crippen molar-refractivity contribution in [3.05, 3.63) is 27.5 Å². The van der Waals surface area contributed by atoms with Gasteiger partial charge in [-0.05, 0) is 35.8 Å². The number of hydrogen-bond acceptors (Lipinski definition) is 3. The summed E-state index contributed by atoms with van der Waals surface area (Å²) < 4.78 is 0.826. The van der Waals surface area contributed by atoms with E-state index >= 15 is 0 Å². The normalized spacial score (nSPS) is 11.8. The van der Waals surface area contributed by atoms with E-state index in [0.717, 1.165) is 10.0 Å². The lowest BCUT2D eigenvalue weighted by molar-refractivity contribution is -0.0242. The van der Waals surface area contributed by atoms with Crippen LogP contribution in [0, 0.1) is 0 Å².